The third kappa shape index (κ3) is 3.27. The molecule has 0 saturated heterocycles. The molecule has 4 rings (SSSR count). The Hall–Kier alpha value is -3.43. The van der Waals surface area contributed by atoms with E-state index < -0.39 is 5.97 Å². The Morgan fingerprint density at radius 1 is 1.20 bits per heavy atom. The highest BCUT2D eigenvalue weighted by Gasteiger charge is 2.27. The molecule has 3 aromatic rings. The number of hydrogen-bond donors (Lipinski definition) is 2. The maximum absolute atomic E-state index is 11.8. The molecule has 0 aliphatic carbocycles. The molecule has 2 N–H and O–H groups in total. The predicted molar refractivity (Wildman–Crippen MR) is 118 cm³/mol. The van der Waals surface area contributed by atoms with E-state index in [4.69, 9.17) is 21.7 Å². The van der Waals surface area contributed by atoms with Crippen LogP contribution in [0.2, 0.25) is 0 Å². The molecule has 152 valence electrons. The zero-order valence-electron chi connectivity index (χ0n) is 15.9. The number of thiazole rings is 1. The Balaban J connectivity index is 1.88. The molecule has 0 amide bonds. The second-order valence-electron chi connectivity index (χ2n) is 6.27. The number of nitrogens with zero attached hydrogens (tertiary/aromatic N) is 2. The van der Waals surface area contributed by atoms with Crippen molar-refractivity contribution in [2.24, 2.45) is 4.99 Å². The van der Waals surface area contributed by atoms with Crippen LogP contribution in [0.15, 0.2) is 47.5 Å². The first-order chi connectivity index (χ1) is 14.4. The quantitative estimate of drug-likeness (QED) is 0.559. The van der Waals surface area contributed by atoms with Crippen molar-refractivity contribution in [2.75, 3.05) is 14.2 Å². The molecule has 2 aromatic carbocycles. The van der Waals surface area contributed by atoms with E-state index in [-0.39, 0.29) is 11.6 Å². The van der Waals surface area contributed by atoms with Crippen molar-refractivity contribution in [3.05, 3.63) is 56.9 Å². The van der Waals surface area contributed by atoms with Gasteiger partial charge in [-0.15, -0.1) is 11.3 Å². The van der Waals surface area contributed by atoms with Crippen LogP contribution < -0.4 is 9.47 Å². The standard InChI is InChI=1S/C21H16N2O5S2/c1-27-11-7-8-12-13(18(20(25)26)22-14(12)9-11)10-17-19(24)23(21(29)30-17)15-5-3-4-6-16(15)28-2/h3-10,24H,1-2H3,(H,25,26)/b13-10+. The van der Waals surface area contributed by atoms with Gasteiger partial charge in [-0.1, -0.05) is 12.1 Å². The van der Waals surface area contributed by atoms with Crippen LogP contribution in [-0.4, -0.2) is 40.7 Å². The minimum Gasteiger partial charge on any atom is -0.497 e. The molecule has 7 nitrogen and oxygen atoms in total. The summed E-state index contributed by atoms with van der Waals surface area (Å²) in [4.78, 5) is 16.4. The molecule has 0 atom stereocenters. The monoisotopic (exact) mass is 440 g/mol. The lowest BCUT2D eigenvalue weighted by molar-refractivity contribution is -0.129. The van der Waals surface area contributed by atoms with E-state index in [0.717, 1.165) is 11.3 Å². The normalized spacial score (nSPS) is 13.8. The van der Waals surface area contributed by atoms with Gasteiger partial charge in [0.15, 0.2) is 9.67 Å². The van der Waals surface area contributed by atoms with E-state index in [0.29, 0.717) is 42.8 Å². The number of aromatic nitrogens is 1. The van der Waals surface area contributed by atoms with Gasteiger partial charge in [0.2, 0.25) is 5.88 Å². The van der Waals surface area contributed by atoms with E-state index in [1.165, 1.54) is 18.8 Å². The minimum atomic E-state index is -1.16. The molecular formula is C21H16N2O5S2. The summed E-state index contributed by atoms with van der Waals surface area (Å²) < 4.78 is 12.5. The van der Waals surface area contributed by atoms with E-state index in [2.05, 4.69) is 4.99 Å². The second-order valence-corrected chi connectivity index (χ2v) is 7.95. The molecule has 2 heterocycles. The van der Waals surface area contributed by atoms with Crippen molar-refractivity contribution in [1.82, 2.24) is 4.57 Å². The Labute approximate surface area is 180 Å². The van der Waals surface area contributed by atoms with Crippen LogP contribution in [0.4, 0.5) is 5.69 Å². The van der Waals surface area contributed by atoms with Crippen LogP contribution in [0.25, 0.3) is 17.3 Å². The molecule has 9 heteroatoms. The molecule has 0 radical (unpaired) electrons. The summed E-state index contributed by atoms with van der Waals surface area (Å²) in [6.07, 6.45) is 1.59. The van der Waals surface area contributed by atoms with Crippen LogP contribution in [0, 0.1) is 3.95 Å². The van der Waals surface area contributed by atoms with Crippen molar-refractivity contribution in [3.63, 3.8) is 0 Å². The highest BCUT2D eigenvalue weighted by molar-refractivity contribution is 7.73. The summed E-state index contributed by atoms with van der Waals surface area (Å²) in [7, 11) is 3.06. The average molecular weight is 441 g/mol. The van der Waals surface area contributed by atoms with Gasteiger partial charge < -0.3 is 19.7 Å². The Kier molecular flexibility index (Phi) is 5.15. The SMILES string of the molecule is COc1ccc2c(c1)N=C(C(=O)O)/C2=C/c1sc(=S)n(-c2ccccc2OC)c1O. The van der Waals surface area contributed by atoms with Crippen LogP contribution >= 0.6 is 23.6 Å². The number of hydrogen-bond acceptors (Lipinski definition) is 7. The van der Waals surface area contributed by atoms with Gasteiger partial charge in [-0.25, -0.2) is 9.79 Å². The fourth-order valence-electron chi connectivity index (χ4n) is 3.21. The van der Waals surface area contributed by atoms with Crippen LogP contribution in [0.1, 0.15) is 10.4 Å². The van der Waals surface area contributed by atoms with E-state index in [9.17, 15) is 15.0 Å². The van der Waals surface area contributed by atoms with E-state index in [1.807, 2.05) is 12.1 Å². The maximum atomic E-state index is 11.8. The molecule has 1 aliphatic heterocycles. The number of carboxylic acids is 1. The van der Waals surface area contributed by atoms with Gasteiger partial charge in [0.25, 0.3) is 0 Å². The van der Waals surface area contributed by atoms with Crippen LogP contribution in [-0.2, 0) is 4.79 Å². The topological polar surface area (TPSA) is 93.3 Å². The summed E-state index contributed by atoms with van der Waals surface area (Å²) in [6.45, 7) is 0. The molecule has 0 unspecified atom stereocenters. The first kappa shape index (κ1) is 19.9. The average Bonchev–Trinajstić information content (AvgIpc) is 3.24. The van der Waals surface area contributed by atoms with Gasteiger partial charge in [-0.2, -0.15) is 0 Å². The third-order valence-corrected chi connectivity index (χ3v) is 5.91. The number of para-hydroxylation sites is 2. The number of rotatable bonds is 5. The van der Waals surface area contributed by atoms with Gasteiger partial charge in [0.1, 0.15) is 11.5 Å². The summed E-state index contributed by atoms with van der Waals surface area (Å²) in [5, 5.41) is 20.5. The molecule has 0 fully saturated rings. The van der Waals surface area contributed by atoms with Crippen molar-refractivity contribution < 1.29 is 24.5 Å². The number of aliphatic carboxylic acids is 1. The Morgan fingerprint density at radius 3 is 2.67 bits per heavy atom. The van der Waals surface area contributed by atoms with Gasteiger partial charge in [-0.05, 0) is 42.6 Å². The van der Waals surface area contributed by atoms with Crippen LogP contribution in [0.3, 0.4) is 0 Å². The van der Waals surface area contributed by atoms with Crippen LogP contribution in [0.5, 0.6) is 17.4 Å². The van der Waals surface area contributed by atoms with Crippen molar-refractivity contribution in [2.45, 2.75) is 0 Å². The molecule has 0 saturated carbocycles. The largest absolute Gasteiger partial charge is 0.497 e. The fraction of sp³-hybridized carbons (Fsp3) is 0.0952. The van der Waals surface area contributed by atoms with Crippen molar-refractivity contribution >= 4 is 52.6 Å². The Bertz CT molecular complexity index is 1290. The lowest BCUT2D eigenvalue weighted by Crippen LogP contribution is -2.11. The lowest BCUT2D eigenvalue weighted by Gasteiger charge is -2.10. The lowest BCUT2D eigenvalue weighted by atomic mass is 10.0. The molecular weight excluding hydrogens is 424 g/mol. The van der Waals surface area contributed by atoms with Crippen molar-refractivity contribution in [1.29, 1.82) is 0 Å². The van der Waals surface area contributed by atoms with Gasteiger partial charge in [0.05, 0.1) is 30.5 Å². The predicted octanol–water partition coefficient (Wildman–Crippen LogP) is 4.70. The number of aliphatic imine (C=N–C) groups is 1. The van der Waals surface area contributed by atoms with E-state index in [1.54, 1.807) is 36.4 Å². The molecule has 30 heavy (non-hydrogen) atoms. The summed E-state index contributed by atoms with van der Waals surface area (Å²) in [6, 6.07) is 12.3. The molecule has 1 aromatic heterocycles. The summed E-state index contributed by atoms with van der Waals surface area (Å²) in [5.74, 6) is -0.145. The molecule has 0 spiro atoms. The highest BCUT2D eigenvalue weighted by atomic mass is 32.1. The zero-order chi connectivity index (χ0) is 21.4. The molecule has 1 aliphatic rings. The second kappa shape index (κ2) is 7.77. The first-order valence-electron chi connectivity index (χ1n) is 8.75. The summed E-state index contributed by atoms with van der Waals surface area (Å²) >= 11 is 6.62. The summed E-state index contributed by atoms with van der Waals surface area (Å²) in [5.41, 5.74) is 1.99. The number of fused-ring (bicyclic) bond motifs is 1. The zero-order valence-corrected chi connectivity index (χ0v) is 17.6. The number of aromatic hydroxyl groups is 1. The number of methoxy groups -OCH3 is 2. The number of carbonyl (C=O) groups is 1. The van der Waals surface area contributed by atoms with Gasteiger partial charge >= 0.3 is 5.97 Å². The van der Waals surface area contributed by atoms with Gasteiger partial charge in [0, 0.05) is 17.2 Å². The third-order valence-electron chi connectivity index (χ3n) is 4.60. The minimum absolute atomic E-state index is 0.103. The Morgan fingerprint density at radius 2 is 1.97 bits per heavy atom. The number of carboxylic acid groups (broad SMARTS) is 1. The van der Waals surface area contributed by atoms with Crippen molar-refractivity contribution in [3.8, 4) is 23.1 Å². The smallest absolute Gasteiger partial charge is 0.355 e. The number of benzene rings is 2. The first-order valence-corrected chi connectivity index (χ1v) is 9.97. The highest BCUT2D eigenvalue weighted by Crippen LogP contribution is 2.41. The van der Waals surface area contributed by atoms with Gasteiger partial charge in [-0.3, -0.25) is 4.57 Å². The molecule has 0 bridgehead atoms. The number of ether oxygens (including phenoxy) is 2. The maximum Gasteiger partial charge on any atom is 0.355 e. The fourth-order valence-corrected chi connectivity index (χ4v) is 4.49. The van der Waals surface area contributed by atoms with E-state index >= 15 is 0 Å².